The molecule has 5 nitrogen and oxygen atoms in total. The van der Waals surface area contributed by atoms with E-state index < -0.39 is 0 Å². The van der Waals surface area contributed by atoms with E-state index in [0.29, 0.717) is 17.7 Å². The normalized spacial score (nSPS) is 17.5. The minimum absolute atomic E-state index is 0.00461. The average Bonchev–Trinajstić information content (AvgIpc) is 3.13. The molecule has 1 fully saturated rings. The van der Waals surface area contributed by atoms with E-state index in [1.54, 1.807) is 24.3 Å². The van der Waals surface area contributed by atoms with Gasteiger partial charge in [0, 0.05) is 30.5 Å². The van der Waals surface area contributed by atoms with Gasteiger partial charge in [0.2, 0.25) is 0 Å². The van der Waals surface area contributed by atoms with Gasteiger partial charge < -0.3 is 9.47 Å². The van der Waals surface area contributed by atoms with Crippen LogP contribution < -0.4 is 0 Å². The molecule has 22 heavy (non-hydrogen) atoms. The maximum atomic E-state index is 12.6. The molecule has 0 N–H and O–H groups in total. The van der Waals surface area contributed by atoms with Crippen molar-refractivity contribution in [3.63, 3.8) is 0 Å². The van der Waals surface area contributed by atoms with Gasteiger partial charge in [0.25, 0.3) is 5.91 Å². The van der Waals surface area contributed by atoms with Crippen molar-refractivity contribution < 1.29 is 4.79 Å². The molecule has 112 valence electrons. The second-order valence-corrected chi connectivity index (χ2v) is 5.70. The third kappa shape index (κ3) is 2.48. The van der Waals surface area contributed by atoms with E-state index >= 15 is 0 Å². The first-order valence-corrected chi connectivity index (χ1v) is 7.40. The summed E-state index contributed by atoms with van der Waals surface area (Å²) in [6, 6.07) is 9.25. The van der Waals surface area contributed by atoms with Gasteiger partial charge in [-0.1, -0.05) is 6.07 Å². The van der Waals surface area contributed by atoms with Gasteiger partial charge in [-0.3, -0.25) is 4.79 Å². The smallest absolute Gasteiger partial charge is 0.253 e. The highest BCUT2D eigenvalue weighted by molar-refractivity contribution is 5.94. The van der Waals surface area contributed by atoms with Crippen LogP contribution in [0.1, 0.15) is 39.9 Å². The Morgan fingerprint density at radius 3 is 2.91 bits per heavy atom. The predicted molar refractivity (Wildman–Crippen MR) is 82.4 cm³/mol. The van der Waals surface area contributed by atoms with Crippen molar-refractivity contribution in [3.8, 4) is 6.07 Å². The standard InChI is InChI=1S/C17H18N4O/c1-12-10-19-13(2)21(12)16-6-7-20(11-16)17(22)15-5-3-4-14(8-15)9-18/h3-5,8,10,16H,6-7,11H2,1-2H3. The first kappa shape index (κ1) is 14.3. The summed E-state index contributed by atoms with van der Waals surface area (Å²) in [5, 5.41) is 8.95. The highest BCUT2D eigenvalue weighted by Crippen LogP contribution is 2.26. The number of hydrogen-bond acceptors (Lipinski definition) is 3. The molecule has 1 atom stereocenters. The molecule has 1 aromatic carbocycles. The van der Waals surface area contributed by atoms with Gasteiger partial charge >= 0.3 is 0 Å². The number of benzene rings is 1. The maximum absolute atomic E-state index is 12.6. The van der Waals surface area contributed by atoms with Crippen LogP contribution in [-0.4, -0.2) is 33.4 Å². The number of imidazole rings is 1. The molecular formula is C17H18N4O. The lowest BCUT2D eigenvalue weighted by atomic mass is 10.1. The minimum atomic E-state index is -0.00461. The molecule has 3 rings (SSSR count). The Morgan fingerprint density at radius 2 is 2.23 bits per heavy atom. The molecule has 2 heterocycles. The van der Waals surface area contributed by atoms with E-state index in [9.17, 15) is 4.79 Å². The molecule has 1 amide bonds. The fourth-order valence-corrected chi connectivity index (χ4v) is 3.16. The van der Waals surface area contributed by atoms with Crippen LogP contribution in [0, 0.1) is 25.2 Å². The van der Waals surface area contributed by atoms with Crippen LogP contribution >= 0.6 is 0 Å². The second kappa shape index (κ2) is 5.64. The number of aromatic nitrogens is 2. The predicted octanol–water partition coefficient (Wildman–Crippen LogP) is 2.46. The van der Waals surface area contributed by atoms with Gasteiger partial charge in [-0.05, 0) is 38.5 Å². The lowest BCUT2D eigenvalue weighted by Crippen LogP contribution is -2.29. The van der Waals surface area contributed by atoms with Crippen LogP contribution in [0.15, 0.2) is 30.5 Å². The fourth-order valence-electron chi connectivity index (χ4n) is 3.16. The van der Waals surface area contributed by atoms with Gasteiger partial charge in [-0.25, -0.2) is 4.98 Å². The van der Waals surface area contributed by atoms with Crippen LogP contribution in [0.25, 0.3) is 0 Å². The summed E-state index contributed by atoms with van der Waals surface area (Å²) in [5.74, 6) is 0.985. The lowest BCUT2D eigenvalue weighted by molar-refractivity contribution is 0.0787. The number of rotatable bonds is 2. The van der Waals surface area contributed by atoms with Gasteiger partial charge in [0.05, 0.1) is 17.7 Å². The zero-order chi connectivity index (χ0) is 15.7. The Labute approximate surface area is 129 Å². The summed E-state index contributed by atoms with van der Waals surface area (Å²) in [5.41, 5.74) is 2.23. The molecule has 1 saturated heterocycles. The Morgan fingerprint density at radius 1 is 1.41 bits per heavy atom. The summed E-state index contributed by atoms with van der Waals surface area (Å²) in [6.07, 6.45) is 2.80. The Hall–Kier alpha value is -2.61. The van der Waals surface area contributed by atoms with Crippen LogP contribution in [0.5, 0.6) is 0 Å². The van der Waals surface area contributed by atoms with E-state index in [2.05, 4.69) is 15.6 Å². The Balaban J connectivity index is 1.78. The van der Waals surface area contributed by atoms with Gasteiger partial charge in [0.15, 0.2) is 0 Å². The van der Waals surface area contributed by atoms with Crippen molar-refractivity contribution in [2.75, 3.05) is 13.1 Å². The monoisotopic (exact) mass is 294 g/mol. The highest BCUT2D eigenvalue weighted by atomic mass is 16.2. The number of carbonyl (C=O) groups excluding carboxylic acids is 1. The average molecular weight is 294 g/mol. The zero-order valence-corrected chi connectivity index (χ0v) is 12.8. The molecule has 0 spiro atoms. The first-order chi connectivity index (χ1) is 10.6. The third-order valence-corrected chi connectivity index (χ3v) is 4.22. The van der Waals surface area contributed by atoms with E-state index in [1.807, 2.05) is 24.9 Å². The molecule has 1 aliphatic heterocycles. The van der Waals surface area contributed by atoms with Crippen molar-refractivity contribution >= 4 is 5.91 Å². The fraction of sp³-hybridized carbons (Fsp3) is 0.353. The van der Waals surface area contributed by atoms with Crippen molar-refractivity contribution in [3.05, 3.63) is 53.1 Å². The number of nitriles is 1. The van der Waals surface area contributed by atoms with Crippen LogP contribution in [0.2, 0.25) is 0 Å². The van der Waals surface area contributed by atoms with Crippen molar-refractivity contribution in [2.24, 2.45) is 0 Å². The van der Waals surface area contributed by atoms with Gasteiger partial charge in [-0.2, -0.15) is 5.26 Å². The Kier molecular flexibility index (Phi) is 3.68. The van der Waals surface area contributed by atoms with Crippen molar-refractivity contribution in [1.29, 1.82) is 5.26 Å². The second-order valence-electron chi connectivity index (χ2n) is 5.70. The molecule has 1 unspecified atom stereocenters. The van der Waals surface area contributed by atoms with Crippen LogP contribution in [0.3, 0.4) is 0 Å². The van der Waals surface area contributed by atoms with Crippen molar-refractivity contribution in [2.45, 2.75) is 26.3 Å². The topological polar surface area (TPSA) is 61.9 Å². The molecule has 0 saturated carbocycles. The van der Waals surface area contributed by atoms with Crippen LogP contribution in [0.4, 0.5) is 0 Å². The summed E-state index contributed by atoms with van der Waals surface area (Å²) in [4.78, 5) is 18.8. The largest absolute Gasteiger partial charge is 0.336 e. The number of amides is 1. The summed E-state index contributed by atoms with van der Waals surface area (Å²) >= 11 is 0. The molecule has 0 radical (unpaired) electrons. The number of likely N-dealkylation sites (tertiary alicyclic amines) is 1. The summed E-state index contributed by atoms with van der Waals surface area (Å²) < 4.78 is 2.21. The van der Waals surface area contributed by atoms with Gasteiger partial charge in [-0.15, -0.1) is 0 Å². The van der Waals surface area contributed by atoms with Crippen molar-refractivity contribution in [1.82, 2.24) is 14.5 Å². The minimum Gasteiger partial charge on any atom is -0.336 e. The molecule has 5 heteroatoms. The quantitative estimate of drug-likeness (QED) is 0.854. The number of carbonyl (C=O) groups is 1. The molecule has 0 bridgehead atoms. The Bertz CT molecular complexity index is 737. The molecule has 0 aliphatic carbocycles. The van der Waals surface area contributed by atoms with E-state index in [1.165, 1.54) is 0 Å². The zero-order valence-electron chi connectivity index (χ0n) is 12.8. The number of hydrogen-bond donors (Lipinski definition) is 0. The lowest BCUT2D eigenvalue weighted by Gasteiger charge is -2.19. The maximum Gasteiger partial charge on any atom is 0.253 e. The number of aryl methyl sites for hydroxylation is 2. The van der Waals surface area contributed by atoms with Gasteiger partial charge in [0.1, 0.15) is 5.82 Å². The van der Waals surface area contributed by atoms with E-state index in [4.69, 9.17) is 5.26 Å². The SMILES string of the molecule is Cc1cnc(C)n1C1CCN(C(=O)c2cccc(C#N)c2)C1. The molecule has 2 aromatic rings. The van der Waals surface area contributed by atoms with E-state index in [-0.39, 0.29) is 11.9 Å². The molecular weight excluding hydrogens is 276 g/mol. The molecule has 1 aromatic heterocycles. The number of nitrogens with zero attached hydrogens (tertiary/aromatic N) is 4. The summed E-state index contributed by atoms with van der Waals surface area (Å²) in [6.45, 7) is 5.46. The third-order valence-electron chi connectivity index (χ3n) is 4.22. The first-order valence-electron chi connectivity index (χ1n) is 7.40. The highest BCUT2D eigenvalue weighted by Gasteiger charge is 2.29. The van der Waals surface area contributed by atoms with E-state index in [0.717, 1.165) is 24.5 Å². The molecule has 1 aliphatic rings. The summed E-state index contributed by atoms with van der Waals surface area (Å²) in [7, 11) is 0. The van der Waals surface area contributed by atoms with Crippen LogP contribution in [-0.2, 0) is 0 Å².